The number of methoxy groups -OCH3 is 1. The highest BCUT2D eigenvalue weighted by molar-refractivity contribution is 6.31. The van der Waals surface area contributed by atoms with Gasteiger partial charge in [0.15, 0.2) is 0 Å². The lowest BCUT2D eigenvalue weighted by Gasteiger charge is -2.09. The van der Waals surface area contributed by atoms with E-state index in [4.69, 9.17) is 22.9 Å². The third kappa shape index (κ3) is 2.00. The lowest BCUT2D eigenvalue weighted by atomic mass is 10.1. The van der Waals surface area contributed by atoms with Crippen molar-refractivity contribution >= 4 is 11.6 Å². The van der Waals surface area contributed by atoms with Crippen LogP contribution in [0, 0.1) is 13.5 Å². The summed E-state index contributed by atoms with van der Waals surface area (Å²) in [7, 11) is 1.60. The molecule has 0 amide bonds. The van der Waals surface area contributed by atoms with E-state index < -0.39 is 0 Å². The van der Waals surface area contributed by atoms with Gasteiger partial charge >= 0.3 is 0 Å². The van der Waals surface area contributed by atoms with Gasteiger partial charge in [0.2, 0.25) is 6.04 Å². The monoisotopic (exact) mass is 209 g/mol. The van der Waals surface area contributed by atoms with Crippen molar-refractivity contribution in [2.45, 2.75) is 19.9 Å². The minimum Gasteiger partial charge on any atom is -0.496 e. The summed E-state index contributed by atoms with van der Waals surface area (Å²) in [6.07, 6.45) is 0. The topological polar surface area (TPSA) is 13.6 Å². The molecule has 1 aromatic rings. The van der Waals surface area contributed by atoms with E-state index in [1.807, 2.05) is 19.9 Å². The molecule has 0 fully saturated rings. The molecule has 74 valence electrons. The third-order valence-electron chi connectivity index (χ3n) is 2.15. The fraction of sp³-hybridized carbons (Fsp3) is 0.364. The molecule has 0 aliphatic heterocycles. The van der Waals surface area contributed by atoms with Crippen molar-refractivity contribution in [2.24, 2.45) is 0 Å². The predicted molar refractivity (Wildman–Crippen MR) is 57.8 cm³/mol. The molecule has 0 aromatic heterocycles. The van der Waals surface area contributed by atoms with Crippen molar-refractivity contribution in [3.05, 3.63) is 39.7 Å². The normalized spacial score (nSPS) is 11.9. The second kappa shape index (κ2) is 4.34. The fourth-order valence-electron chi connectivity index (χ4n) is 1.24. The maximum atomic E-state index is 6.97. The van der Waals surface area contributed by atoms with Gasteiger partial charge in [-0.25, -0.2) is 6.57 Å². The largest absolute Gasteiger partial charge is 0.496 e. The summed E-state index contributed by atoms with van der Waals surface area (Å²) in [4.78, 5) is 3.45. The van der Waals surface area contributed by atoms with Gasteiger partial charge in [-0.3, -0.25) is 0 Å². The smallest absolute Gasteiger partial charge is 0.249 e. The minimum absolute atomic E-state index is 0.219. The number of ether oxygens (including phenoxy) is 1. The van der Waals surface area contributed by atoms with E-state index in [1.165, 1.54) is 0 Å². The Morgan fingerprint density at radius 3 is 2.64 bits per heavy atom. The first-order valence-corrected chi connectivity index (χ1v) is 4.68. The van der Waals surface area contributed by atoms with Gasteiger partial charge in [-0.15, -0.1) is 0 Å². The highest BCUT2D eigenvalue weighted by Gasteiger charge is 2.16. The van der Waals surface area contributed by atoms with Crippen LogP contribution in [0.15, 0.2) is 12.1 Å². The van der Waals surface area contributed by atoms with E-state index >= 15 is 0 Å². The first-order chi connectivity index (χ1) is 6.60. The van der Waals surface area contributed by atoms with Gasteiger partial charge in [0, 0.05) is 11.9 Å². The van der Waals surface area contributed by atoms with E-state index in [0.29, 0.717) is 5.02 Å². The van der Waals surface area contributed by atoms with Gasteiger partial charge in [0.1, 0.15) is 5.75 Å². The van der Waals surface area contributed by atoms with Gasteiger partial charge < -0.3 is 9.58 Å². The number of hydrogen-bond donors (Lipinski definition) is 0. The summed E-state index contributed by atoms with van der Waals surface area (Å²) in [6.45, 7) is 10.7. The SMILES string of the molecule is [C-]#[N+]C(C)c1cc(Cl)c(C)cc1OC. The number of hydrogen-bond acceptors (Lipinski definition) is 1. The standard InChI is InChI=1S/C11H12ClNO/c1-7-5-11(14-4)9(6-10(7)12)8(2)13-3/h5-6,8H,1-2,4H3. The third-order valence-corrected chi connectivity index (χ3v) is 2.56. The molecule has 0 heterocycles. The Morgan fingerprint density at radius 2 is 2.14 bits per heavy atom. The molecule has 0 saturated carbocycles. The maximum absolute atomic E-state index is 6.97. The summed E-state index contributed by atoms with van der Waals surface area (Å²) in [5.74, 6) is 0.732. The van der Waals surface area contributed by atoms with Crippen LogP contribution in [0.1, 0.15) is 24.1 Å². The Morgan fingerprint density at radius 1 is 1.50 bits per heavy atom. The Hall–Kier alpha value is -1.20. The first-order valence-electron chi connectivity index (χ1n) is 4.30. The summed E-state index contributed by atoms with van der Waals surface area (Å²) < 4.78 is 5.20. The second-order valence-electron chi connectivity index (χ2n) is 3.15. The average molecular weight is 210 g/mol. The molecule has 2 nitrogen and oxygen atoms in total. The molecule has 0 saturated heterocycles. The molecule has 0 N–H and O–H groups in total. The van der Waals surface area contributed by atoms with Crippen LogP contribution < -0.4 is 4.74 Å². The Kier molecular flexibility index (Phi) is 3.38. The number of aryl methyl sites for hydroxylation is 1. The van der Waals surface area contributed by atoms with Gasteiger partial charge in [-0.1, -0.05) is 11.6 Å². The van der Waals surface area contributed by atoms with Gasteiger partial charge in [0.25, 0.3) is 0 Å². The van der Waals surface area contributed by atoms with Crippen LogP contribution in [0.3, 0.4) is 0 Å². The number of benzene rings is 1. The van der Waals surface area contributed by atoms with Crippen LogP contribution in [-0.4, -0.2) is 7.11 Å². The van der Waals surface area contributed by atoms with Crippen LogP contribution in [0.2, 0.25) is 5.02 Å². The van der Waals surface area contributed by atoms with Crippen molar-refractivity contribution < 1.29 is 4.74 Å². The first kappa shape index (κ1) is 10.9. The van der Waals surface area contributed by atoms with Crippen molar-refractivity contribution in [1.82, 2.24) is 0 Å². The summed E-state index contributed by atoms with van der Waals surface area (Å²) in [5, 5.41) is 0.677. The lowest BCUT2D eigenvalue weighted by molar-refractivity contribution is 0.408. The Bertz CT molecular complexity index is 382. The highest BCUT2D eigenvalue weighted by Crippen LogP contribution is 2.32. The van der Waals surface area contributed by atoms with E-state index in [0.717, 1.165) is 16.9 Å². The zero-order chi connectivity index (χ0) is 10.7. The van der Waals surface area contributed by atoms with Crippen LogP contribution >= 0.6 is 11.6 Å². The Balaban J connectivity index is 3.28. The van der Waals surface area contributed by atoms with Gasteiger partial charge in [-0.2, -0.15) is 0 Å². The zero-order valence-corrected chi connectivity index (χ0v) is 9.22. The lowest BCUT2D eigenvalue weighted by Crippen LogP contribution is -1.95. The minimum atomic E-state index is -0.219. The number of nitrogens with zero attached hydrogens (tertiary/aromatic N) is 1. The van der Waals surface area contributed by atoms with Crippen LogP contribution in [0.25, 0.3) is 4.85 Å². The molecule has 0 bridgehead atoms. The summed E-state index contributed by atoms with van der Waals surface area (Å²) in [5.41, 5.74) is 1.81. The van der Waals surface area contributed by atoms with Crippen molar-refractivity contribution in [1.29, 1.82) is 0 Å². The quantitative estimate of drug-likeness (QED) is 0.678. The van der Waals surface area contributed by atoms with Gasteiger partial charge in [0.05, 0.1) is 12.7 Å². The van der Waals surface area contributed by atoms with Crippen molar-refractivity contribution in [3.8, 4) is 5.75 Å². The van der Waals surface area contributed by atoms with Crippen molar-refractivity contribution in [2.75, 3.05) is 7.11 Å². The second-order valence-corrected chi connectivity index (χ2v) is 3.56. The number of rotatable bonds is 2. The van der Waals surface area contributed by atoms with E-state index in [2.05, 4.69) is 4.85 Å². The molecule has 0 aliphatic carbocycles. The van der Waals surface area contributed by atoms with Crippen LogP contribution in [0.5, 0.6) is 5.75 Å². The molecule has 0 radical (unpaired) electrons. The van der Waals surface area contributed by atoms with E-state index in [-0.39, 0.29) is 6.04 Å². The average Bonchev–Trinajstić information content (AvgIpc) is 2.20. The molecule has 1 rings (SSSR count). The van der Waals surface area contributed by atoms with Crippen LogP contribution in [0.4, 0.5) is 0 Å². The molecule has 14 heavy (non-hydrogen) atoms. The molecular formula is C11H12ClNO. The summed E-state index contributed by atoms with van der Waals surface area (Å²) >= 11 is 5.99. The molecule has 3 heteroatoms. The molecule has 0 aliphatic rings. The van der Waals surface area contributed by atoms with E-state index in [1.54, 1.807) is 13.2 Å². The number of halogens is 1. The predicted octanol–water partition coefficient (Wildman–Crippen LogP) is 3.64. The highest BCUT2D eigenvalue weighted by atomic mass is 35.5. The molecule has 1 aromatic carbocycles. The zero-order valence-electron chi connectivity index (χ0n) is 8.47. The molecular weight excluding hydrogens is 198 g/mol. The van der Waals surface area contributed by atoms with Crippen LogP contribution in [-0.2, 0) is 0 Å². The van der Waals surface area contributed by atoms with E-state index in [9.17, 15) is 0 Å². The Labute approximate surface area is 89.3 Å². The fourth-order valence-corrected chi connectivity index (χ4v) is 1.42. The van der Waals surface area contributed by atoms with Gasteiger partial charge in [-0.05, 0) is 24.6 Å². The molecule has 1 unspecified atom stereocenters. The maximum Gasteiger partial charge on any atom is 0.249 e. The molecule has 0 spiro atoms. The molecule has 1 atom stereocenters. The van der Waals surface area contributed by atoms with Crippen molar-refractivity contribution in [3.63, 3.8) is 0 Å². The summed E-state index contributed by atoms with van der Waals surface area (Å²) in [6, 6.07) is 3.45.